The summed E-state index contributed by atoms with van der Waals surface area (Å²) in [4.78, 5) is 14.9. The van der Waals surface area contributed by atoms with Gasteiger partial charge in [-0.15, -0.1) is 6.42 Å². The van der Waals surface area contributed by atoms with Crippen molar-refractivity contribution in [3.8, 4) is 18.4 Å². The standard InChI is InChI=1S/C10H11NO4/c1-4-7(3)15-10-11-8(6-14-10)9(12)13-5-2/h1,6-7H,5H2,2-3H3. The second kappa shape index (κ2) is 5.05. The van der Waals surface area contributed by atoms with Gasteiger partial charge in [-0.05, 0) is 13.8 Å². The largest absolute Gasteiger partial charge is 0.461 e. The summed E-state index contributed by atoms with van der Waals surface area (Å²) in [5.74, 6) is 1.79. The van der Waals surface area contributed by atoms with E-state index in [2.05, 4.69) is 10.9 Å². The quantitative estimate of drug-likeness (QED) is 0.551. The van der Waals surface area contributed by atoms with E-state index in [1.165, 1.54) is 0 Å². The molecular weight excluding hydrogens is 198 g/mol. The second-order valence-electron chi connectivity index (χ2n) is 2.65. The highest BCUT2D eigenvalue weighted by Crippen LogP contribution is 2.12. The van der Waals surface area contributed by atoms with Crippen LogP contribution in [-0.4, -0.2) is 23.7 Å². The lowest BCUT2D eigenvalue weighted by molar-refractivity contribution is 0.0519. The fraction of sp³-hybridized carbons (Fsp3) is 0.400. The highest BCUT2D eigenvalue weighted by molar-refractivity contribution is 5.86. The first-order chi connectivity index (χ1) is 7.17. The molecule has 1 atom stereocenters. The Kier molecular flexibility index (Phi) is 3.75. The molecule has 0 N–H and O–H groups in total. The molecule has 1 unspecified atom stereocenters. The van der Waals surface area contributed by atoms with Crippen molar-refractivity contribution in [3.63, 3.8) is 0 Å². The number of terminal acetylenes is 1. The zero-order valence-electron chi connectivity index (χ0n) is 8.52. The number of rotatable bonds is 4. The molecule has 0 radical (unpaired) electrons. The molecule has 0 aliphatic rings. The number of hydrogen-bond acceptors (Lipinski definition) is 5. The molecule has 1 aromatic heterocycles. The third-order valence-electron chi connectivity index (χ3n) is 1.48. The Morgan fingerprint density at radius 3 is 3.13 bits per heavy atom. The molecule has 0 fully saturated rings. The number of aromatic nitrogens is 1. The van der Waals surface area contributed by atoms with E-state index in [-0.39, 0.29) is 18.4 Å². The minimum atomic E-state index is -0.551. The van der Waals surface area contributed by atoms with Crippen LogP contribution in [0, 0.1) is 12.3 Å². The average molecular weight is 209 g/mol. The molecular formula is C10H11NO4. The monoisotopic (exact) mass is 209 g/mol. The van der Waals surface area contributed by atoms with E-state index in [4.69, 9.17) is 20.3 Å². The van der Waals surface area contributed by atoms with Gasteiger partial charge in [-0.2, -0.15) is 4.98 Å². The first kappa shape index (κ1) is 11.1. The summed E-state index contributed by atoms with van der Waals surface area (Å²) in [6.45, 7) is 3.65. The zero-order chi connectivity index (χ0) is 11.3. The van der Waals surface area contributed by atoms with Gasteiger partial charge < -0.3 is 13.9 Å². The van der Waals surface area contributed by atoms with Crippen LogP contribution in [0.4, 0.5) is 0 Å². The molecule has 1 rings (SSSR count). The van der Waals surface area contributed by atoms with E-state index in [0.717, 1.165) is 6.26 Å². The van der Waals surface area contributed by atoms with Gasteiger partial charge in [0.05, 0.1) is 6.61 Å². The van der Waals surface area contributed by atoms with Gasteiger partial charge in [0.2, 0.25) is 0 Å². The SMILES string of the molecule is C#CC(C)Oc1nc(C(=O)OCC)co1. The Bertz CT molecular complexity index is 377. The summed E-state index contributed by atoms with van der Waals surface area (Å²) in [6, 6.07) is 0. The summed E-state index contributed by atoms with van der Waals surface area (Å²) in [6.07, 6.45) is 5.76. The lowest BCUT2D eigenvalue weighted by Crippen LogP contribution is -2.09. The van der Waals surface area contributed by atoms with Gasteiger partial charge in [0, 0.05) is 0 Å². The highest BCUT2D eigenvalue weighted by atomic mass is 16.6. The van der Waals surface area contributed by atoms with Crippen LogP contribution in [0.25, 0.3) is 0 Å². The fourth-order valence-corrected chi connectivity index (χ4v) is 0.795. The van der Waals surface area contributed by atoms with E-state index in [9.17, 15) is 4.79 Å². The third kappa shape index (κ3) is 3.02. The van der Waals surface area contributed by atoms with Crippen LogP contribution in [0.3, 0.4) is 0 Å². The van der Waals surface area contributed by atoms with Gasteiger partial charge in [0.1, 0.15) is 6.26 Å². The maximum Gasteiger partial charge on any atom is 0.395 e. The molecule has 0 amide bonds. The topological polar surface area (TPSA) is 61.6 Å². The van der Waals surface area contributed by atoms with E-state index in [1.54, 1.807) is 13.8 Å². The van der Waals surface area contributed by atoms with Gasteiger partial charge in [-0.25, -0.2) is 4.79 Å². The Balaban J connectivity index is 2.64. The average Bonchev–Trinajstić information content (AvgIpc) is 2.66. The van der Waals surface area contributed by atoms with Crippen LogP contribution in [0.2, 0.25) is 0 Å². The number of nitrogens with zero attached hydrogens (tertiary/aromatic N) is 1. The first-order valence-corrected chi connectivity index (χ1v) is 4.42. The minimum absolute atomic E-state index is 0.0384. The molecule has 15 heavy (non-hydrogen) atoms. The molecule has 1 aromatic rings. The number of ether oxygens (including phenoxy) is 2. The van der Waals surface area contributed by atoms with Crippen LogP contribution in [-0.2, 0) is 4.74 Å². The van der Waals surface area contributed by atoms with E-state index >= 15 is 0 Å². The van der Waals surface area contributed by atoms with Crippen LogP contribution in [0.1, 0.15) is 24.3 Å². The van der Waals surface area contributed by atoms with Crippen molar-refractivity contribution in [1.29, 1.82) is 0 Å². The summed E-state index contributed by atoms with van der Waals surface area (Å²) in [5, 5.41) is 0. The van der Waals surface area contributed by atoms with Crippen LogP contribution in [0.5, 0.6) is 6.08 Å². The van der Waals surface area contributed by atoms with Crippen molar-refractivity contribution < 1.29 is 18.7 Å². The van der Waals surface area contributed by atoms with Crippen molar-refractivity contribution in [2.45, 2.75) is 20.0 Å². The molecule has 0 saturated heterocycles. The van der Waals surface area contributed by atoms with E-state index in [1.807, 2.05) is 0 Å². The van der Waals surface area contributed by atoms with Crippen LogP contribution in [0.15, 0.2) is 10.7 Å². The third-order valence-corrected chi connectivity index (χ3v) is 1.48. The van der Waals surface area contributed by atoms with Crippen LogP contribution >= 0.6 is 0 Å². The van der Waals surface area contributed by atoms with Gasteiger partial charge in [-0.1, -0.05) is 5.92 Å². The lowest BCUT2D eigenvalue weighted by Gasteiger charge is -2.01. The Morgan fingerprint density at radius 1 is 1.80 bits per heavy atom. The van der Waals surface area contributed by atoms with Gasteiger partial charge in [0.15, 0.2) is 11.8 Å². The predicted molar refractivity (Wildman–Crippen MR) is 51.4 cm³/mol. The fourth-order valence-electron chi connectivity index (χ4n) is 0.795. The maximum atomic E-state index is 11.2. The molecule has 5 nitrogen and oxygen atoms in total. The molecule has 0 aromatic carbocycles. The van der Waals surface area contributed by atoms with E-state index < -0.39 is 12.1 Å². The number of hydrogen-bond donors (Lipinski definition) is 0. The summed E-state index contributed by atoms with van der Waals surface area (Å²) in [5.41, 5.74) is 0.0658. The molecule has 0 bridgehead atoms. The molecule has 0 spiro atoms. The number of esters is 1. The summed E-state index contributed by atoms with van der Waals surface area (Å²) >= 11 is 0. The molecule has 5 heteroatoms. The smallest absolute Gasteiger partial charge is 0.395 e. The summed E-state index contributed by atoms with van der Waals surface area (Å²) < 4.78 is 14.6. The number of oxazole rings is 1. The van der Waals surface area contributed by atoms with Crippen molar-refractivity contribution in [1.82, 2.24) is 4.98 Å². The first-order valence-electron chi connectivity index (χ1n) is 4.42. The second-order valence-corrected chi connectivity index (χ2v) is 2.65. The Morgan fingerprint density at radius 2 is 2.53 bits per heavy atom. The molecule has 0 saturated carbocycles. The number of carbonyl (C=O) groups excluding carboxylic acids is 1. The Labute approximate surface area is 87.4 Å². The minimum Gasteiger partial charge on any atom is -0.461 e. The van der Waals surface area contributed by atoms with E-state index in [0.29, 0.717) is 0 Å². The van der Waals surface area contributed by atoms with Gasteiger partial charge in [-0.3, -0.25) is 0 Å². The highest BCUT2D eigenvalue weighted by Gasteiger charge is 2.14. The van der Waals surface area contributed by atoms with Gasteiger partial charge in [0.25, 0.3) is 0 Å². The molecule has 80 valence electrons. The van der Waals surface area contributed by atoms with Crippen LogP contribution < -0.4 is 4.74 Å². The molecule has 0 aliphatic carbocycles. The predicted octanol–water partition coefficient (Wildman–Crippen LogP) is 1.25. The number of carbonyl (C=O) groups is 1. The van der Waals surface area contributed by atoms with Crippen molar-refractivity contribution in [3.05, 3.63) is 12.0 Å². The maximum absolute atomic E-state index is 11.2. The normalized spacial score (nSPS) is 11.5. The molecule has 0 aliphatic heterocycles. The lowest BCUT2D eigenvalue weighted by atomic mass is 10.4. The van der Waals surface area contributed by atoms with Crippen molar-refractivity contribution in [2.24, 2.45) is 0 Å². The van der Waals surface area contributed by atoms with Crippen molar-refractivity contribution in [2.75, 3.05) is 6.61 Å². The van der Waals surface area contributed by atoms with Gasteiger partial charge >= 0.3 is 12.0 Å². The zero-order valence-corrected chi connectivity index (χ0v) is 8.52. The molecule has 1 heterocycles. The van der Waals surface area contributed by atoms with Crippen molar-refractivity contribution >= 4 is 5.97 Å². The summed E-state index contributed by atoms with van der Waals surface area (Å²) in [7, 11) is 0. The Hall–Kier alpha value is -1.96.